The predicted octanol–water partition coefficient (Wildman–Crippen LogP) is 15.5. The molecule has 0 atom stereocenters. The lowest BCUT2D eigenvalue weighted by Crippen LogP contribution is -2.48. The number of carbonyl (C=O) groups is 10. The molecule has 2 fully saturated rings. The Morgan fingerprint density at radius 2 is 0.620 bits per heavy atom. The summed E-state index contributed by atoms with van der Waals surface area (Å²) in [4.78, 5) is 148. The highest BCUT2D eigenvalue weighted by molar-refractivity contribution is 6.45. The fourth-order valence-electron chi connectivity index (χ4n) is 14.7. The molecule has 0 unspecified atom stereocenters. The number of aryl methyl sites for hydroxylation is 2. The molecule has 0 saturated carbocycles. The zero-order valence-corrected chi connectivity index (χ0v) is 61.4. The Labute approximate surface area is 626 Å². The van der Waals surface area contributed by atoms with Crippen LogP contribution in [-0.4, -0.2) is 131 Å². The van der Waals surface area contributed by atoms with Crippen molar-refractivity contribution in [1.82, 2.24) is 30.2 Å². The van der Waals surface area contributed by atoms with E-state index in [-0.39, 0.29) is 123 Å². The quantitative estimate of drug-likeness (QED) is 0.0184. The Morgan fingerprint density at radius 1 is 0.352 bits per heavy atom. The van der Waals surface area contributed by atoms with Crippen LogP contribution in [0.2, 0.25) is 0 Å². The molecule has 4 aliphatic heterocycles. The van der Waals surface area contributed by atoms with E-state index < -0.39 is 48.5 Å². The van der Waals surface area contributed by atoms with Crippen LogP contribution in [-0.2, 0) is 54.5 Å². The topological polar surface area (TPSA) is 245 Å². The molecule has 552 valence electrons. The van der Waals surface area contributed by atoms with Crippen LogP contribution in [0.4, 0.5) is 0 Å². The summed E-state index contributed by atoms with van der Waals surface area (Å²) in [5.41, 5.74) is 5.13. The van der Waals surface area contributed by atoms with Gasteiger partial charge in [0.1, 0.15) is 59.1 Å². The number of Topliss-reactive ketones (excluding diaryl/α,β-unsaturated/α-hetero) is 2. The largest absolute Gasteiger partial charge is 0.457 e. The van der Waals surface area contributed by atoms with Gasteiger partial charge in [0.05, 0.1) is 22.3 Å². The molecule has 4 aliphatic rings. The molecule has 13 rings (SSSR count). The van der Waals surface area contributed by atoms with Crippen molar-refractivity contribution in [3.05, 3.63) is 214 Å². The highest BCUT2D eigenvalue weighted by Gasteiger charge is 2.43. The molecule has 0 aliphatic carbocycles. The van der Waals surface area contributed by atoms with Crippen LogP contribution >= 0.6 is 0 Å². The van der Waals surface area contributed by atoms with Gasteiger partial charge in [0.15, 0.2) is 11.6 Å². The first kappa shape index (κ1) is 74.2. The van der Waals surface area contributed by atoms with Gasteiger partial charge in [-0.3, -0.25) is 57.7 Å². The Balaban J connectivity index is 1.10. The SMILES string of the molecule is C=C(C)C(=O)CCCc1ccc(Oc2cc3c4c(cc(Oc5ccc(CCCC(=O)C(=C)C)cc5)c5c6c(Oc7ccc(CCNC(=O)C(=C)C)cc7)cc7c8c(cc(Oc9ccc(CCNC(=O)C(=C)C)cc9)c(c2c45)c86)C(=O)N(CC(=O)N2CCCCC2)C7=O)C(=O)N(CC(=O)N2CCCCC2)C3=O)cc1. The number of nitrogens with one attached hydrogen (secondary N) is 2. The zero-order chi connectivity index (χ0) is 76.2. The zero-order valence-electron chi connectivity index (χ0n) is 61.4. The Hall–Kier alpha value is -12.1. The highest BCUT2D eigenvalue weighted by atomic mass is 16.5. The van der Waals surface area contributed by atoms with E-state index in [1.807, 2.05) is 48.5 Å². The van der Waals surface area contributed by atoms with Crippen molar-refractivity contribution in [2.24, 2.45) is 0 Å². The van der Waals surface area contributed by atoms with Crippen LogP contribution in [0.3, 0.4) is 0 Å². The van der Waals surface area contributed by atoms with E-state index in [4.69, 9.17) is 18.9 Å². The van der Waals surface area contributed by atoms with E-state index >= 15 is 19.2 Å². The number of rotatable bonds is 30. The van der Waals surface area contributed by atoms with Crippen LogP contribution in [0.25, 0.3) is 43.1 Å². The molecule has 108 heavy (non-hydrogen) atoms. The number of benzene rings is 9. The molecule has 9 aromatic carbocycles. The van der Waals surface area contributed by atoms with Gasteiger partial charge < -0.3 is 39.4 Å². The van der Waals surface area contributed by atoms with E-state index in [1.165, 1.54) is 0 Å². The van der Waals surface area contributed by atoms with Crippen molar-refractivity contribution < 1.29 is 66.9 Å². The minimum Gasteiger partial charge on any atom is -0.457 e. The number of imide groups is 2. The summed E-state index contributed by atoms with van der Waals surface area (Å²) in [5, 5.41) is 7.50. The first-order valence-electron chi connectivity index (χ1n) is 37.0. The summed E-state index contributed by atoms with van der Waals surface area (Å²) < 4.78 is 28.9. The maximum Gasteiger partial charge on any atom is 0.262 e. The summed E-state index contributed by atoms with van der Waals surface area (Å²) in [6.07, 6.45) is 8.57. The van der Waals surface area contributed by atoms with Crippen molar-refractivity contribution in [1.29, 1.82) is 0 Å². The van der Waals surface area contributed by atoms with Crippen LogP contribution < -0.4 is 29.6 Å². The van der Waals surface area contributed by atoms with Crippen molar-refractivity contribution >= 4 is 102 Å². The number of hydrogen-bond donors (Lipinski definition) is 2. The minimum atomic E-state index is -0.788. The molecular formula is C88H86N6O14. The second kappa shape index (κ2) is 31.9. The normalized spacial score (nSPS) is 14.2. The summed E-state index contributed by atoms with van der Waals surface area (Å²) in [6, 6.07) is 35.1. The second-order valence-corrected chi connectivity index (χ2v) is 28.6. The molecule has 9 aromatic rings. The van der Waals surface area contributed by atoms with Gasteiger partial charge in [-0.2, -0.15) is 0 Å². The molecule has 0 spiro atoms. The van der Waals surface area contributed by atoms with Gasteiger partial charge in [-0.15, -0.1) is 0 Å². The maximum absolute atomic E-state index is 15.9. The Kier molecular flexibility index (Phi) is 22.0. The number of hydrogen-bond acceptors (Lipinski definition) is 14. The fourth-order valence-corrected chi connectivity index (χ4v) is 14.7. The molecule has 20 heteroatoms. The van der Waals surface area contributed by atoms with Gasteiger partial charge in [-0.1, -0.05) is 74.8 Å². The second-order valence-electron chi connectivity index (χ2n) is 28.6. The minimum absolute atomic E-state index is 0.00528. The molecule has 4 heterocycles. The lowest BCUT2D eigenvalue weighted by molar-refractivity contribution is -0.133. The Bertz CT molecular complexity index is 4610. The third-order valence-electron chi connectivity index (χ3n) is 20.5. The fraction of sp³-hybridized carbons (Fsp3) is 0.295. The number of nitrogens with zero attached hydrogens (tertiary/aromatic N) is 4. The first-order chi connectivity index (χ1) is 52.0. The summed E-state index contributed by atoms with van der Waals surface area (Å²) >= 11 is 0. The molecule has 0 bridgehead atoms. The molecular weight excluding hydrogens is 1360 g/mol. The van der Waals surface area contributed by atoms with E-state index in [9.17, 15) is 28.8 Å². The van der Waals surface area contributed by atoms with Gasteiger partial charge in [0.25, 0.3) is 23.6 Å². The molecule has 20 nitrogen and oxygen atoms in total. The third kappa shape index (κ3) is 15.6. The molecule has 2 N–H and O–H groups in total. The average molecular weight is 1450 g/mol. The van der Waals surface area contributed by atoms with Crippen molar-refractivity contribution in [2.45, 2.75) is 118 Å². The third-order valence-corrected chi connectivity index (χ3v) is 20.5. The number of carbonyl (C=O) groups excluding carboxylic acids is 10. The van der Waals surface area contributed by atoms with E-state index in [1.54, 1.807) is 110 Å². The predicted molar refractivity (Wildman–Crippen MR) is 414 cm³/mol. The lowest BCUT2D eigenvalue weighted by Gasteiger charge is -2.34. The van der Waals surface area contributed by atoms with Crippen LogP contribution in [0, 0.1) is 0 Å². The van der Waals surface area contributed by atoms with Crippen molar-refractivity contribution in [3.63, 3.8) is 0 Å². The maximum atomic E-state index is 15.9. The molecule has 8 amide bonds. The summed E-state index contributed by atoms with van der Waals surface area (Å²) in [6.45, 7) is 23.0. The lowest BCUT2D eigenvalue weighted by atomic mass is 9.80. The number of piperidine rings is 2. The summed E-state index contributed by atoms with van der Waals surface area (Å²) in [5.74, 6) is -3.28. The van der Waals surface area contributed by atoms with Gasteiger partial charge in [-0.25, -0.2) is 0 Å². The van der Waals surface area contributed by atoms with Gasteiger partial charge in [0, 0.05) is 106 Å². The van der Waals surface area contributed by atoms with E-state index in [2.05, 4.69) is 36.9 Å². The van der Waals surface area contributed by atoms with Gasteiger partial charge in [-0.05, 0) is 211 Å². The number of ketones is 2. The Morgan fingerprint density at radius 3 is 0.880 bits per heavy atom. The van der Waals surface area contributed by atoms with E-state index in [0.717, 1.165) is 70.6 Å². The molecule has 2 saturated heterocycles. The van der Waals surface area contributed by atoms with Gasteiger partial charge >= 0.3 is 0 Å². The molecule has 0 aromatic heterocycles. The van der Waals surface area contributed by atoms with E-state index in [0.29, 0.717) is 124 Å². The van der Waals surface area contributed by atoms with Crippen LogP contribution in [0.5, 0.6) is 46.0 Å². The number of ether oxygens (including phenoxy) is 4. The number of allylic oxidation sites excluding steroid dienone is 2. The van der Waals surface area contributed by atoms with Crippen molar-refractivity contribution in [3.8, 4) is 46.0 Å². The number of likely N-dealkylation sites (tertiary alicyclic amines) is 2. The standard InChI is InChI=1S/C88H86N6O14/c1-51(2)67(95)19-15-17-55-21-29-59(30-22-55)105-69-45-63-75-64(86(102)93(85(63)101)49-73(97)91-41-11-9-12-42-91)46-70(106-60-31-23-56(24-32-60)18-16-20-68(96)52(3)4)78-80-72(108-62-35-27-58(28-36-62)38-40-90-84(100)54(7)8)48-66-76-65(87(103)94(88(66)104)50-74(98)92-43-13-10-14-44-92)47-71(79(82(76)80)77(69)81(75)78)107-61-33-25-57(26-34-61)37-39-89-83(99)53(5)6/h21-36,45-48H,1,3,5,7,9-20,37-44,49-50H2,2,4,6,8H3,(H,89,99)(H,90,100). The van der Waals surface area contributed by atoms with Crippen LogP contribution in [0.15, 0.2) is 170 Å². The summed E-state index contributed by atoms with van der Waals surface area (Å²) in [7, 11) is 0. The highest BCUT2D eigenvalue weighted by Crippen LogP contribution is 2.58. The van der Waals surface area contributed by atoms with Gasteiger partial charge in [0.2, 0.25) is 23.6 Å². The first-order valence-corrected chi connectivity index (χ1v) is 37.0. The monoisotopic (exact) mass is 1450 g/mol. The number of fused-ring (bicyclic) bond motifs is 2. The average Bonchev–Trinajstić information content (AvgIpc) is 0.671. The number of amides is 8. The van der Waals surface area contributed by atoms with Crippen LogP contribution in [0.1, 0.15) is 156 Å². The van der Waals surface area contributed by atoms with Crippen molar-refractivity contribution in [2.75, 3.05) is 52.4 Å². The molecule has 0 radical (unpaired) electrons. The smallest absolute Gasteiger partial charge is 0.262 e.